The van der Waals surface area contributed by atoms with Crippen LogP contribution >= 0.6 is 0 Å². The van der Waals surface area contributed by atoms with Crippen LogP contribution in [-0.4, -0.2) is 22.6 Å². The molecule has 0 saturated heterocycles. The molecule has 0 aliphatic heterocycles. The third kappa shape index (κ3) is 4.16. The van der Waals surface area contributed by atoms with Crippen molar-refractivity contribution in [2.45, 2.75) is 13.8 Å². The van der Waals surface area contributed by atoms with Gasteiger partial charge in [0.15, 0.2) is 0 Å². The fraction of sp³-hybridized carbons (Fsp3) is 0.0909. The van der Waals surface area contributed by atoms with Gasteiger partial charge in [-0.2, -0.15) is 0 Å². The van der Waals surface area contributed by atoms with Gasteiger partial charge in [-0.25, -0.2) is 0 Å². The van der Waals surface area contributed by atoms with E-state index in [9.17, 15) is 10.2 Å². The predicted molar refractivity (Wildman–Crippen MR) is 107 cm³/mol. The molecule has 0 unspecified atom stereocenters. The minimum absolute atomic E-state index is 0.141. The Morgan fingerprint density at radius 1 is 0.654 bits per heavy atom. The van der Waals surface area contributed by atoms with Gasteiger partial charge in [0, 0.05) is 23.6 Å². The summed E-state index contributed by atoms with van der Waals surface area (Å²) in [5, 5.41) is 19.8. The Morgan fingerprint density at radius 2 is 1.08 bits per heavy atom. The molecule has 0 bridgehead atoms. The van der Waals surface area contributed by atoms with Crippen LogP contribution in [-0.2, 0) is 0 Å². The standard InChI is InChI=1S/C22H20N2O2/c1-15-7-9-21(25)19(11-15)23-13-17-5-3-4-6-18(17)14-24-20-12-16(2)8-10-22(20)26/h3-14,25-26H,1-2H3. The van der Waals surface area contributed by atoms with Crippen molar-refractivity contribution in [1.82, 2.24) is 0 Å². The smallest absolute Gasteiger partial charge is 0.141 e. The summed E-state index contributed by atoms with van der Waals surface area (Å²) in [6.45, 7) is 3.90. The average Bonchev–Trinajstić information content (AvgIpc) is 2.64. The largest absolute Gasteiger partial charge is 0.506 e. The highest BCUT2D eigenvalue weighted by atomic mass is 16.3. The number of phenols is 2. The zero-order valence-electron chi connectivity index (χ0n) is 14.7. The monoisotopic (exact) mass is 344 g/mol. The molecule has 0 aliphatic rings. The van der Waals surface area contributed by atoms with Crippen LogP contribution in [0.25, 0.3) is 0 Å². The van der Waals surface area contributed by atoms with Gasteiger partial charge in [0.1, 0.15) is 22.9 Å². The summed E-state index contributed by atoms with van der Waals surface area (Å²) >= 11 is 0. The average molecular weight is 344 g/mol. The van der Waals surface area contributed by atoms with Gasteiger partial charge >= 0.3 is 0 Å². The van der Waals surface area contributed by atoms with Crippen LogP contribution < -0.4 is 0 Å². The molecule has 4 heteroatoms. The number of benzene rings is 3. The lowest BCUT2D eigenvalue weighted by molar-refractivity contribution is 0.476. The molecule has 0 radical (unpaired) electrons. The highest BCUT2D eigenvalue weighted by molar-refractivity contribution is 5.96. The number of nitrogens with zero attached hydrogens (tertiary/aromatic N) is 2. The second-order valence-corrected chi connectivity index (χ2v) is 6.13. The van der Waals surface area contributed by atoms with Gasteiger partial charge in [-0.1, -0.05) is 36.4 Å². The topological polar surface area (TPSA) is 65.2 Å². The lowest BCUT2D eigenvalue weighted by Crippen LogP contribution is -1.91. The maximum atomic E-state index is 9.92. The van der Waals surface area contributed by atoms with Crippen LogP contribution in [0.4, 0.5) is 11.4 Å². The second-order valence-electron chi connectivity index (χ2n) is 6.13. The maximum Gasteiger partial charge on any atom is 0.141 e. The summed E-state index contributed by atoms with van der Waals surface area (Å²) in [4.78, 5) is 8.80. The summed E-state index contributed by atoms with van der Waals surface area (Å²) in [6.07, 6.45) is 3.40. The van der Waals surface area contributed by atoms with Gasteiger partial charge in [0.2, 0.25) is 0 Å². The van der Waals surface area contributed by atoms with Gasteiger partial charge in [-0.05, 0) is 49.2 Å². The van der Waals surface area contributed by atoms with E-state index in [4.69, 9.17) is 0 Å². The van der Waals surface area contributed by atoms with Crippen molar-refractivity contribution in [2.75, 3.05) is 0 Å². The van der Waals surface area contributed by atoms with Crippen molar-refractivity contribution in [3.8, 4) is 11.5 Å². The Bertz CT molecular complexity index is 911. The molecule has 0 aromatic heterocycles. The molecule has 130 valence electrons. The van der Waals surface area contributed by atoms with E-state index in [1.54, 1.807) is 24.6 Å². The first-order valence-corrected chi connectivity index (χ1v) is 8.29. The van der Waals surface area contributed by atoms with Crippen LogP contribution in [0.15, 0.2) is 70.6 Å². The summed E-state index contributed by atoms with van der Waals surface area (Å²) in [6, 6.07) is 18.3. The number of phenolic OH excluding ortho intramolecular Hbond substituents is 2. The van der Waals surface area contributed by atoms with E-state index in [1.807, 2.05) is 62.4 Å². The molecule has 0 saturated carbocycles. The minimum atomic E-state index is 0.141. The number of aryl methyl sites for hydroxylation is 2. The number of rotatable bonds is 4. The highest BCUT2D eigenvalue weighted by Crippen LogP contribution is 2.28. The quantitative estimate of drug-likeness (QED) is 0.638. The number of hydrogen-bond acceptors (Lipinski definition) is 4. The molecular weight excluding hydrogens is 324 g/mol. The normalized spacial score (nSPS) is 11.5. The van der Waals surface area contributed by atoms with E-state index in [-0.39, 0.29) is 11.5 Å². The first-order valence-electron chi connectivity index (χ1n) is 8.29. The molecule has 0 spiro atoms. The van der Waals surface area contributed by atoms with E-state index in [0.29, 0.717) is 11.4 Å². The molecule has 0 atom stereocenters. The molecule has 0 amide bonds. The van der Waals surface area contributed by atoms with E-state index < -0.39 is 0 Å². The van der Waals surface area contributed by atoms with Gasteiger partial charge in [0.05, 0.1) is 0 Å². The first-order chi connectivity index (χ1) is 12.5. The van der Waals surface area contributed by atoms with E-state index >= 15 is 0 Å². The van der Waals surface area contributed by atoms with E-state index in [0.717, 1.165) is 22.3 Å². The number of aliphatic imine (C=N–C) groups is 2. The van der Waals surface area contributed by atoms with Crippen LogP contribution in [0.5, 0.6) is 11.5 Å². The Balaban J connectivity index is 1.91. The third-order valence-electron chi connectivity index (χ3n) is 3.94. The Hall–Kier alpha value is -3.40. The second kappa shape index (κ2) is 7.66. The molecule has 4 nitrogen and oxygen atoms in total. The Kier molecular flexibility index (Phi) is 5.13. The molecular formula is C22H20N2O2. The first kappa shape index (κ1) is 17.4. The summed E-state index contributed by atoms with van der Waals surface area (Å²) < 4.78 is 0. The van der Waals surface area contributed by atoms with Crippen LogP contribution in [0, 0.1) is 13.8 Å². The molecule has 3 aromatic rings. The van der Waals surface area contributed by atoms with Crippen LogP contribution in [0.3, 0.4) is 0 Å². The van der Waals surface area contributed by atoms with Crippen molar-refractivity contribution in [3.05, 3.63) is 82.9 Å². The summed E-state index contributed by atoms with van der Waals surface area (Å²) in [5.41, 5.74) is 4.83. The Labute approximate surface area is 152 Å². The number of aromatic hydroxyl groups is 2. The van der Waals surface area contributed by atoms with Crippen LogP contribution in [0.1, 0.15) is 22.3 Å². The summed E-state index contributed by atoms with van der Waals surface area (Å²) in [7, 11) is 0. The van der Waals surface area contributed by atoms with E-state index in [1.165, 1.54) is 0 Å². The molecule has 26 heavy (non-hydrogen) atoms. The van der Waals surface area contributed by atoms with Crippen LogP contribution in [0.2, 0.25) is 0 Å². The zero-order valence-corrected chi connectivity index (χ0v) is 14.7. The Morgan fingerprint density at radius 3 is 1.50 bits per heavy atom. The van der Waals surface area contributed by atoms with Gasteiger partial charge in [-0.15, -0.1) is 0 Å². The SMILES string of the molecule is Cc1ccc(O)c(N=Cc2ccccc2C=Nc2cc(C)ccc2O)c1. The molecule has 0 fully saturated rings. The maximum absolute atomic E-state index is 9.92. The van der Waals surface area contributed by atoms with Gasteiger partial charge < -0.3 is 10.2 Å². The molecule has 0 aliphatic carbocycles. The number of hydrogen-bond donors (Lipinski definition) is 2. The zero-order chi connectivity index (χ0) is 18.5. The van der Waals surface area contributed by atoms with Crippen molar-refractivity contribution in [2.24, 2.45) is 9.98 Å². The minimum Gasteiger partial charge on any atom is -0.506 e. The molecule has 3 rings (SSSR count). The summed E-state index contributed by atoms with van der Waals surface area (Å²) in [5.74, 6) is 0.283. The fourth-order valence-corrected chi connectivity index (χ4v) is 2.50. The lowest BCUT2D eigenvalue weighted by atomic mass is 10.1. The predicted octanol–water partition coefficient (Wildman–Crippen LogP) is 5.22. The van der Waals surface area contributed by atoms with Gasteiger partial charge in [-0.3, -0.25) is 9.98 Å². The van der Waals surface area contributed by atoms with Crippen molar-refractivity contribution in [3.63, 3.8) is 0 Å². The molecule has 2 N–H and O–H groups in total. The van der Waals surface area contributed by atoms with Crippen molar-refractivity contribution >= 4 is 23.8 Å². The highest BCUT2D eigenvalue weighted by Gasteiger charge is 2.02. The van der Waals surface area contributed by atoms with Crippen molar-refractivity contribution in [1.29, 1.82) is 0 Å². The van der Waals surface area contributed by atoms with Crippen molar-refractivity contribution < 1.29 is 10.2 Å². The molecule has 3 aromatic carbocycles. The third-order valence-corrected chi connectivity index (χ3v) is 3.94. The van der Waals surface area contributed by atoms with E-state index in [2.05, 4.69) is 9.98 Å². The van der Waals surface area contributed by atoms with Gasteiger partial charge in [0.25, 0.3) is 0 Å². The molecule has 0 heterocycles. The lowest BCUT2D eigenvalue weighted by Gasteiger charge is -2.03. The fourth-order valence-electron chi connectivity index (χ4n) is 2.50.